The van der Waals surface area contributed by atoms with E-state index in [0.29, 0.717) is 17.7 Å². The van der Waals surface area contributed by atoms with Crippen LogP contribution in [0.3, 0.4) is 0 Å². The number of benzene rings is 1. The SMILES string of the molecule is CC(C)(C)OC(=O)C1CC(c2ccc(C=O)cc2)=NO1. The number of carbonyl (C=O) groups is 2. The van der Waals surface area contributed by atoms with Crippen molar-refractivity contribution in [2.75, 3.05) is 0 Å². The average molecular weight is 275 g/mol. The van der Waals surface area contributed by atoms with Crippen molar-refractivity contribution in [2.24, 2.45) is 5.16 Å². The van der Waals surface area contributed by atoms with Gasteiger partial charge in [-0.3, -0.25) is 4.79 Å². The lowest BCUT2D eigenvalue weighted by Crippen LogP contribution is -2.32. The standard InChI is InChI=1S/C15H17NO4/c1-15(2,3)19-14(18)13-8-12(16-20-13)11-6-4-10(9-17)5-7-11/h4-7,9,13H,8H2,1-3H3. The van der Waals surface area contributed by atoms with Crippen molar-refractivity contribution in [3.63, 3.8) is 0 Å². The van der Waals surface area contributed by atoms with Crippen molar-refractivity contribution in [2.45, 2.75) is 38.9 Å². The highest BCUT2D eigenvalue weighted by molar-refractivity contribution is 6.03. The molecule has 0 fully saturated rings. The molecule has 1 aromatic carbocycles. The fourth-order valence-electron chi connectivity index (χ4n) is 1.80. The predicted octanol–water partition coefficient (Wildman–Crippen LogP) is 2.33. The summed E-state index contributed by atoms with van der Waals surface area (Å²) in [5.41, 5.74) is 1.56. The Labute approximate surface area is 117 Å². The van der Waals surface area contributed by atoms with Crippen molar-refractivity contribution < 1.29 is 19.2 Å². The molecule has 1 aliphatic rings. The summed E-state index contributed by atoms with van der Waals surface area (Å²) in [4.78, 5) is 27.6. The number of rotatable bonds is 3. The third-order valence-corrected chi connectivity index (χ3v) is 2.72. The summed E-state index contributed by atoms with van der Waals surface area (Å²) < 4.78 is 5.26. The third-order valence-electron chi connectivity index (χ3n) is 2.72. The molecule has 5 heteroatoms. The molecule has 0 N–H and O–H groups in total. The van der Waals surface area contributed by atoms with Gasteiger partial charge in [0.25, 0.3) is 0 Å². The zero-order valence-electron chi connectivity index (χ0n) is 11.8. The normalized spacial score (nSPS) is 18.1. The van der Waals surface area contributed by atoms with Gasteiger partial charge in [0.2, 0.25) is 6.10 Å². The number of ether oxygens (including phenoxy) is 1. The van der Waals surface area contributed by atoms with E-state index in [-0.39, 0.29) is 0 Å². The Balaban J connectivity index is 2.00. The molecule has 1 heterocycles. The monoisotopic (exact) mass is 275 g/mol. The van der Waals surface area contributed by atoms with Gasteiger partial charge in [0.15, 0.2) is 0 Å². The van der Waals surface area contributed by atoms with Crippen LogP contribution in [-0.4, -0.2) is 29.7 Å². The van der Waals surface area contributed by atoms with Gasteiger partial charge in [0.1, 0.15) is 11.9 Å². The molecule has 20 heavy (non-hydrogen) atoms. The van der Waals surface area contributed by atoms with Gasteiger partial charge in [-0.25, -0.2) is 4.79 Å². The Morgan fingerprint density at radius 2 is 2.00 bits per heavy atom. The molecule has 1 aromatic rings. The van der Waals surface area contributed by atoms with Crippen LogP contribution in [0, 0.1) is 0 Å². The van der Waals surface area contributed by atoms with E-state index in [1.807, 2.05) is 0 Å². The highest BCUT2D eigenvalue weighted by Gasteiger charge is 2.32. The first-order valence-electron chi connectivity index (χ1n) is 6.40. The molecule has 0 bridgehead atoms. The Kier molecular flexibility index (Phi) is 3.88. The number of nitrogens with zero attached hydrogens (tertiary/aromatic N) is 1. The molecule has 106 valence electrons. The van der Waals surface area contributed by atoms with Gasteiger partial charge in [-0.15, -0.1) is 0 Å². The number of carbonyl (C=O) groups excluding carboxylic acids is 2. The van der Waals surface area contributed by atoms with E-state index in [2.05, 4.69) is 5.16 Å². The fraction of sp³-hybridized carbons (Fsp3) is 0.400. The van der Waals surface area contributed by atoms with E-state index >= 15 is 0 Å². The predicted molar refractivity (Wildman–Crippen MR) is 73.7 cm³/mol. The molecular formula is C15H17NO4. The molecule has 1 atom stereocenters. The van der Waals surface area contributed by atoms with Crippen LogP contribution in [-0.2, 0) is 14.4 Å². The lowest BCUT2D eigenvalue weighted by molar-refractivity contribution is -0.166. The van der Waals surface area contributed by atoms with E-state index in [0.717, 1.165) is 11.8 Å². The number of hydrogen-bond acceptors (Lipinski definition) is 5. The van der Waals surface area contributed by atoms with E-state index in [4.69, 9.17) is 9.57 Å². The van der Waals surface area contributed by atoms with E-state index < -0.39 is 17.7 Å². The second-order valence-corrected chi connectivity index (χ2v) is 5.61. The van der Waals surface area contributed by atoms with Crippen molar-refractivity contribution in [1.29, 1.82) is 0 Å². The van der Waals surface area contributed by atoms with E-state index in [1.54, 1.807) is 45.0 Å². The quantitative estimate of drug-likeness (QED) is 0.627. The lowest BCUT2D eigenvalue weighted by atomic mass is 10.0. The van der Waals surface area contributed by atoms with E-state index in [9.17, 15) is 9.59 Å². The number of oxime groups is 1. The van der Waals surface area contributed by atoms with Crippen molar-refractivity contribution in [3.05, 3.63) is 35.4 Å². The van der Waals surface area contributed by atoms with Crippen LogP contribution in [0.25, 0.3) is 0 Å². The number of esters is 1. The van der Waals surface area contributed by atoms with Crippen LogP contribution >= 0.6 is 0 Å². The molecule has 5 nitrogen and oxygen atoms in total. The molecule has 0 spiro atoms. The third kappa shape index (κ3) is 3.44. The van der Waals surface area contributed by atoms with Crippen LogP contribution in [0.4, 0.5) is 0 Å². The smallest absolute Gasteiger partial charge is 0.351 e. The molecule has 1 unspecified atom stereocenters. The molecule has 0 saturated heterocycles. The van der Waals surface area contributed by atoms with Crippen molar-refractivity contribution >= 4 is 18.0 Å². The van der Waals surface area contributed by atoms with Gasteiger partial charge in [-0.1, -0.05) is 29.4 Å². The van der Waals surface area contributed by atoms with Crippen molar-refractivity contribution in [1.82, 2.24) is 0 Å². The van der Waals surface area contributed by atoms with Crippen LogP contribution in [0.15, 0.2) is 29.4 Å². The molecule has 0 aliphatic carbocycles. The maximum Gasteiger partial charge on any atom is 0.351 e. The van der Waals surface area contributed by atoms with Crippen molar-refractivity contribution in [3.8, 4) is 0 Å². The zero-order valence-corrected chi connectivity index (χ0v) is 11.8. The second-order valence-electron chi connectivity index (χ2n) is 5.61. The lowest BCUT2D eigenvalue weighted by Gasteiger charge is -2.20. The Morgan fingerprint density at radius 3 is 2.55 bits per heavy atom. The first-order valence-corrected chi connectivity index (χ1v) is 6.40. The summed E-state index contributed by atoms with van der Waals surface area (Å²) in [5, 5.41) is 3.92. The minimum absolute atomic E-state index is 0.370. The fourth-order valence-corrected chi connectivity index (χ4v) is 1.80. The average Bonchev–Trinajstić information content (AvgIpc) is 2.86. The van der Waals surface area contributed by atoms with Gasteiger partial charge in [-0.2, -0.15) is 0 Å². The summed E-state index contributed by atoms with van der Waals surface area (Å²) in [5.74, 6) is -0.416. The minimum atomic E-state index is -0.699. The Morgan fingerprint density at radius 1 is 1.35 bits per heavy atom. The van der Waals surface area contributed by atoms with Gasteiger partial charge in [-0.05, 0) is 26.3 Å². The highest BCUT2D eigenvalue weighted by atomic mass is 16.7. The minimum Gasteiger partial charge on any atom is -0.457 e. The molecule has 0 radical (unpaired) electrons. The summed E-state index contributed by atoms with van der Waals surface area (Å²) in [6.45, 7) is 5.42. The molecule has 1 aliphatic heterocycles. The molecule has 0 aromatic heterocycles. The molecule has 0 amide bonds. The largest absolute Gasteiger partial charge is 0.457 e. The summed E-state index contributed by atoms with van der Waals surface area (Å²) in [7, 11) is 0. The highest BCUT2D eigenvalue weighted by Crippen LogP contribution is 2.20. The van der Waals surface area contributed by atoms with Crippen LogP contribution in [0.5, 0.6) is 0 Å². The first kappa shape index (κ1) is 14.2. The maximum atomic E-state index is 11.9. The first-order chi connectivity index (χ1) is 9.39. The second kappa shape index (κ2) is 5.45. The van der Waals surface area contributed by atoms with Crippen LogP contribution in [0.1, 0.15) is 43.1 Å². The van der Waals surface area contributed by atoms with Crippen LogP contribution < -0.4 is 0 Å². The summed E-state index contributed by atoms with van der Waals surface area (Å²) in [6, 6.07) is 6.96. The van der Waals surface area contributed by atoms with Gasteiger partial charge >= 0.3 is 5.97 Å². The number of aldehydes is 1. The Bertz CT molecular complexity index is 540. The summed E-state index contributed by atoms with van der Waals surface area (Å²) >= 11 is 0. The Hall–Kier alpha value is -2.17. The van der Waals surface area contributed by atoms with Gasteiger partial charge in [0.05, 0.1) is 5.71 Å². The molecule has 0 saturated carbocycles. The molecule has 2 rings (SSSR count). The van der Waals surface area contributed by atoms with Crippen LogP contribution in [0.2, 0.25) is 0 Å². The number of hydrogen-bond donors (Lipinski definition) is 0. The zero-order chi connectivity index (χ0) is 14.8. The maximum absolute atomic E-state index is 11.9. The van der Waals surface area contributed by atoms with Gasteiger partial charge < -0.3 is 9.57 Å². The molecular weight excluding hydrogens is 258 g/mol. The topological polar surface area (TPSA) is 65.0 Å². The summed E-state index contributed by atoms with van der Waals surface area (Å²) in [6.07, 6.45) is 0.449. The van der Waals surface area contributed by atoms with Gasteiger partial charge in [0, 0.05) is 12.0 Å². The van der Waals surface area contributed by atoms with E-state index in [1.165, 1.54) is 0 Å².